The molecule has 3 fully saturated rings. The highest BCUT2D eigenvalue weighted by molar-refractivity contribution is 5.19. The van der Waals surface area contributed by atoms with Gasteiger partial charge in [0.25, 0.3) is 0 Å². The van der Waals surface area contributed by atoms with Crippen molar-refractivity contribution >= 4 is 0 Å². The first-order valence-electron chi connectivity index (χ1n) is 7.88. The van der Waals surface area contributed by atoms with Crippen LogP contribution in [-0.4, -0.2) is 12.6 Å². The van der Waals surface area contributed by atoms with E-state index in [-0.39, 0.29) is 6.04 Å². The Morgan fingerprint density at radius 1 is 1.11 bits per heavy atom. The van der Waals surface area contributed by atoms with Crippen LogP contribution in [0, 0.1) is 23.7 Å². The zero-order valence-electron chi connectivity index (χ0n) is 11.5. The summed E-state index contributed by atoms with van der Waals surface area (Å²) in [5.41, 5.74) is 7.51. The fourth-order valence-electron chi connectivity index (χ4n) is 4.87. The molecule has 3 aliphatic rings. The fourth-order valence-corrected chi connectivity index (χ4v) is 4.87. The van der Waals surface area contributed by atoms with Crippen LogP contribution >= 0.6 is 0 Å². The van der Waals surface area contributed by atoms with Gasteiger partial charge in [-0.3, -0.25) is 0 Å². The van der Waals surface area contributed by atoms with E-state index < -0.39 is 0 Å². The van der Waals surface area contributed by atoms with Gasteiger partial charge >= 0.3 is 0 Å². The zero-order chi connectivity index (χ0) is 12.8. The molecule has 3 N–H and O–H groups in total. The lowest BCUT2D eigenvalue weighted by atomic mass is 10.0. The summed E-state index contributed by atoms with van der Waals surface area (Å²) in [6.07, 6.45) is 5.60. The van der Waals surface area contributed by atoms with Gasteiger partial charge < -0.3 is 11.1 Å². The topological polar surface area (TPSA) is 38.0 Å². The summed E-state index contributed by atoms with van der Waals surface area (Å²) >= 11 is 0. The van der Waals surface area contributed by atoms with Crippen LogP contribution in [0.3, 0.4) is 0 Å². The van der Waals surface area contributed by atoms with E-state index in [0.29, 0.717) is 0 Å². The quantitative estimate of drug-likeness (QED) is 0.850. The average molecular weight is 256 g/mol. The van der Waals surface area contributed by atoms with Crippen molar-refractivity contribution in [1.29, 1.82) is 0 Å². The SMILES string of the molecule is NC(CCNC1C2C3CCC(C3)C12)c1ccccc1. The molecular formula is C17H24N2. The molecule has 1 aromatic carbocycles. The van der Waals surface area contributed by atoms with Crippen molar-refractivity contribution in [1.82, 2.24) is 5.32 Å². The molecule has 2 bridgehead atoms. The van der Waals surface area contributed by atoms with Crippen LogP contribution in [0.4, 0.5) is 0 Å². The van der Waals surface area contributed by atoms with E-state index in [1.54, 1.807) is 0 Å². The first-order chi connectivity index (χ1) is 9.34. The van der Waals surface area contributed by atoms with Crippen LogP contribution < -0.4 is 11.1 Å². The maximum absolute atomic E-state index is 6.24. The Bertz CT molecular complexity index is 428. The predicted molar refractivity (Wildman–Crippen MR) is 77.6 cm³/mol. The highest BCUT2D eigenvalue weighted by Gasteiger charge is 2.64. The summed E-state index contributed by atoms with van der Waals surface area (Å²) in [7, 11) is 0. The number of nitrogens with two attached hydrogens (primary N) is 1. The Labute approximate surface area is 115 Å². The average Bonchev–Trinajstić information content (AvgIpc) is 2.84. The van der Waals surface area contributed by atoms with Crippen LogP contribution in [0.25, 0.3) is 0 Å². The minimum atomic E-state index is 0.184. The van der Waals surface area contributed by atoms with Crippen molar-refractivity contribution in [3.05, 3.63) is 35.9 Å². The molecule has 2 heteroatoms. The van der Waals surface area contributed by atoms with Crippen LogP contribution in [0.15, 0.2) is 30.3 Å². The van der Waals surface area contributed by atoms with E-state index in [0.717, 1.165) is 42.7 Å². The number of benzene rings is 1. The van der Waals surface area contributed by atoms with E-state index in [4.69, 9.17) is 5.73 Å². The standard InChI is InChI=1S/C17H24N2/c18-14(11-4-2-1-3-5-11)8-9-19-17-15-12-6-7-13(10-12)16(15)17/h1-5,12-17,19H,6-10,18H2. The normalized spacial score (nSPS) is 40.2. The molecule has 5 atom stereocenters. The number of fused-ring (bicyclic) bond motifs is 5. The molecule has 2 nitrogen and oxygen atoms in total. The largest absolute Gasteiger partial charge is 0.324 e. The van der Waals surface area contributed by atoms with E-state index in [2.05, 4.69) is 35.6 Å². The Hall–Kier alpha value is -0.860. The summed E-state index contributed by atoms with van der Waals surface area (Å²) in [4.78, 5) is 0. The smallest absolute Gasteiger partial charge is 0.0306 e. The third-order valence-electron chi connectivity index (χ3n) is 5.80. The molecule has 0 spiro atoms. The van der Waals surface area contributed by atoms with Crippen molar-refractivity contribution in [3.63, 3.8) is 0 Å². The van der Waals surface area contributed by atoms with Crippen LogP contribution in [0.2, 0.25) is 0 Å². The van der Waals surface area contributed by atoms with Crippen molar-refractivity contribution < 1.29 is 0 Å². The molecular weight excluding hydrogens is 232 g/mol. The molecule has 5 unspecified atom stereocenters. The van der Waals surface area contributed by atoms with Gasteiger partial charge in [0.05, 0.1) is 0 Å². The van der Waals surface area contributed by atoms with Crippen molar-refractivity contribution in [2.24, 2.45) is 29.4 Å². The highest BCUT2D eigenvalue weighted by Crippen LogP contribution is 2.65. The number of rotatable bonds is 5. The number of hydrogen-bond acceptors (Lipinski definition) is 2. The number of nitrogens with one attached hydrogen (secondary N) is 1. The lowest BCUT2D eigenvalue weighted by molar-refractivity contribution is 0.452. The van der Waals surface area contributed by atoms with Gasteiger partial charge in [0.15, 0.2) is 0 Å². The molecule has 0 heterocycles. The molecule has 0 amide bonds. The lowest BCUT2D eigenvalue weighted by Crippen LogP contribution is -2.26. The third kappa shape index (κ3) is 2.02. The van der Waals surface area contributed by atoms with Gasteiger partial charge in [-0.15, -0.1) is 0 Å². The van der Waals surface area contributed by atoms with Gasteiger partial charge in [0.2, 0.25) is 0 Å². The summed E-state index contributed by atoms with van der Waals surface area (Å²) < 4.78 is 0. The maximum atomic E-state index is 6.24. The molecule has 102 valence electrons. The van der Waals surface area contributed by atoms with Crippen molar-refractivity contribution in [3.8, 4) is 0 Å². The summed E-state index contributed by atoms with van der Waals surface area (Å²) in [5, 5.41) is 3.78. The molecule has 1 aromatic rings. The molecule has 19 heavy (non-hydrogen) atoms. The summed E-state index contributed by atoms with van der Waals surface area (Å²) in [5.74, 6) is 4.20. The Kier molecular flexibility index (Phi) is 2.89. The second-order valence-electron chi connectivity index (χ2n) is 6.77. The van der Waals surface area contributed by atoms with Gasteiger partial charge in [0.1, 0.15) is 0 Å². The van der Waals surface area contributed by atoms with Gasteiger partial charge in [-0.25, -0.2) is 0 Å². The summed E-state index contributed by atoms with van der Waals surface area (Å²) in [6, 6.07) is 11.5. The molecule has 4 rings (SSSR count). The molecule has 0 radical (unpaired) electrons. The first-order valence-corrected chi connectivity index (χ1v) is 7.88. The van der Waals surface area contributed by atoms with Crippen molar-refractivity contribution in [2.75, 3.05) is 6.54 Å². The second kappa shape index (κ2) is 4.60. The number of hydrogen-bond donors (Lipinski definition) is 2. The molecule has 0 aromatic heterocycles. The monoisotopic (exact) mass is 256 g/mol. The van der Waals surface area contributed by atoms with Crippen molar-refractivity contribution in [2.45, 2.75) is 37.8 Å². The van der Waals surface area contributed by atoms with E-state index in [9.17, 15) is 0 Å². The molecule has 3 aliphatic carbocycles. The van der Waals surface area contributed by atoms with Crippen LogP contribution in [-0.2, 0) is 0 Å². The Balaban J connectivity index is 1.25. The molecule has 0 saturated heterocycles. The zero-order valence-corrected chi connectivity index (χ0v) is 11.5. The Morgan fingerprint density at radius 2 is 1.79 bits per heavy atom. The fraction of sp³-hybridized carbons (Fsp3) is 0.647. The van der Waals surface area contributed by atoms with Gasteiger partial charge in [-0.2, -0.15) is 0 Å². The summed E-state index contributed by atoms with van der Waals surface area (Å²) in [6.45, 7) is 1.08. The molecule has 0 aliphatic heterocycles. The highest BCUT2D eigenvalue weighted by atomic mass is 15.0. The van der Waals surface area contributed by atoms with E-state index >= 15 is 0 Å². The van der Waals surface area contributed by atoms with Crippen LogP contribution in [0.1, 0.15) is 37.3 Å². The van der Waals surface area contributed by atoms with Gasteiger partial charge in [-0.1, -0.05) is 30.3 Å². The minimum absolute atomic E-state index is 0.184. The van der Waals surface area contributed by atoms with Gasteiger partial charge in [0, 0.05) is 12.1 Å². The Morgan fingerprint density at radius 3 is 2.47 bits per heavy atom. The predicted octanol–water partition coefficient (Wildman–Crippen LogP) is 2.71. The first kappa shape index (κ1) is 11.9. The van der Waals surface area contributed by atoms with E-state index in [1.807, 2.05) is 0 Å². The maximum Gasteiger partial charge on any atom is 0.0306 e. The van der Waals surface area contributed by atoms with Crippen LogP contribution in [0.5, 0.6) is 0 Å². The molecule has 3 saturated carbocycles. The minimum Gasteiger partial charge on any atom is -0.324 e. The lowest BCUT2D eigenvalue weighted by Gasteiger charge is -2.14. The van der Waals surface area contributed by atoms with E-state index in [1.165, 1.54) is 24.8 Å². The third-order valence-corrected chi connectivity index (χ3v) is 5.80. The second-order valence-corrected chi connectivity index (χ2v) is 6.77. The van der Waals surface area contributed by atoms with Gasteiger partial charge in [-0.05, 0) is 61.5 Å².